The van der Waals surface area contributed by atoms with Crippen molar-refractivity contribution in [1.29, 1.82) is 0 Å². The largest absolute Gasteiger partial charge is 0.494 e. The lowest BCUT2D eigenvalue weighted by molar-refractivity contribution is 0.0942. The first-order chi connectivity index (χ1) is 15.4. The Balaban J connectivity index is 1.82. The molecule has 0 atom stereocenters. The molecule has 1 fully saturated rings. The molecule has 11 nitrogen and oxygen atoms in total. The molecule has 3 aromatic rings. The van der Waals surface area contributed by atoms with Crippen molar-refractivity contribution in [3.05, 3.63) is 48.0 Å². The normalized spacial score (nSPS) is 13.0. The number of aryl methyl sites for hydroxylation is 1. The van der Waals surface area contributed by atoms with Crippen molar-refractivity contribution < 1.29 is 19.2 Å². The van der Waals surface area contributed by atoms with Gasteiger partial charge in [-0.15, -0.1) is 0 Å². The second kappa shape index (κ2) is 8.63. The lowest BCUT2D eigenvalue weighted by atomic mass is 10.1. The van der Waals surface area contributed by atoms with Crippen molar-refractivity contribution in [2.24, 2.45) is 12.8 Å². The monoisotopic (exact) mass is 437 g/mol. The van der Waals surface area contributed by atoms with Crippen LogP contribution in [0.15, 0.2) is 36.8 Å². The number of anilines is 2. The maximum atomic E-state index is 12.5. The van der Waals surface area contributed by atoms with Crippen LogP contribution in [0.25, 0.3) is 11.4 Å². The van der Waals surface area contributed by atoms with Gasteiger partial charge in [-0.1, -0.05) is 6.07 Å². The molecule has 166 valence electrons. The molecule has 0 radical (unpaired) electrons. The molecule has 0 aliphatic heterocycles. The number of carbonyl (C=O) groups excluding carboxylic acids is 2. The molecule has 3 N–H and O–H groups in total. The maximum Gasteiger partial charge on any atom is 0.270 e. The van der Waals surface area contributed by atoms with Crippen molar-refractivity contribution in [3.8, 4) is 17.1 Å². The first-order valence-electron chi connectivity index (χ1n) is 9.91. The SMILES string of the molecule is COc1c(-c2ncn(C)n2)cccc1N(OC)c1cc(C(=O)NC2CC2)ncc1C(N)=O. The quantitative estimate of drug-likeness (QED) is 0.507. The Kier molecular flexibility index (Phi) is 5.73. The third-order valence-electron chi connectivity index (χ3n) is 4.95. The van der Waals surface area contributed by atoms with Crippen molar-refractivity contribution in [2.75, 3.05) is 19.3 Å². The van der Waals surface area contributed by atoms with Gasteiger partial charge in [-0.3, -0.25) is 24.1 Å². The Morgan fingerprint density at radius 1 is 1.22 bits per heavy atom. The minimum Gasteiger partial charge on any atom is -0.494 e. The molecule has 4 rings (SSSR count). The van der Waals surface area contributed by atoms with E-state index in [1.165, 1.54) is 31.5 Å². The molecule has 2 heterocycles. The zero-order chi connectivity index (χ0) is 22.8. The van der Waals surface area contributed by atoms with E-state index in [1.54, 1.807) is 30.2 Å². The molecule has 2 amide bonds. The highest BCUT2D eigenvalue weighted by Gasteiger charge is 2.27. The fourth-order valence-electron chi connectivity index (χ4n) is 3.28. The average Bonchev–Trinajstić information content (AvgIpc) is 3.50. The van der Waals surface area contributed by atoms with E-state index in [0.29, 0.717) is 22.8 Å². The summed E-state index contributed by atoms with van der Waals surface area (Å²) in [4.78, 5) is 38.7. The molecule has 0 unspecified atom stereocenters. The van der Waals surface area contributed by atoms with Gasteiger partial charge in [0, 0.05) is 19.3 Å². The van der Waals surface area contributed by atoms with Crippen molar-refractivity contribution >= 4 is 23.2 Å². The van der Waals surface area contributed by atoms with E-state index in [-0.39, 0.29) is 28.9 Å². The summed E-state index contributed by atoms with van der Waals surface area (Å²) in [5.41, 5.74) is 7.13. The molecule has 11 heteroatoms. The van der Waals surface area contributed by atoms with Crippen molar-refractivity contribution in [3.63, 3.8) is 0 Å². The van der Waals surface area contributed by atoms with Gasteiger partial charge in [0.25, 0.3) is 11.8 Å². The Morgan fingerprint density at radius 3 is 2.59 bits per heavy atom. The minimum atomic E-state index is -0.717. The number of ether oxygens (including phenoxy) is 1. The van der Waals surface area contributed by atoms with E-state index < -0.39 is 5.91 Å². The number of pyridine rings is 1. The second-order valence-electron chi connectivity index (χ2n) is 7.28. The number of aromatic nitrogens is 4. The number of benzene rings is 1. The molecule has 1 aliphatic carbocycles. The fourth-order valence-corrected chi connectivity index (χ4v) is 3.28. The molecule has 0 spiro atoms. The molecular weight excluding hydrogens is 414 g/mol. The van der Waals surface area contributed by atoms with Gasteiger partial charge in [-0.2, -0.15) is 5.10 Å². The number of carbonyl (C=O) groups is 2. The zero-order valence-corrected chi connectivity index (χ0v) is 17.9. The van der Waals surface area contributed by atoms with Gasteiger partial charge in [0.1, 0.15) is 17.7 Å². The van der Waals surface area contributed by atoms with Gasteiger partial charge in [0.2, 0.25) is 0 Å². The third-order valence-corrected chi connectivity index (χ3v) is 4.95. The lowest BCUT2D eigenvalue weighted by Gasteiger charge is -2.26. The van der Waals surface area contributed by atoms with Gasteiger partial charge in [0.05, 0.1) is 31.0 Å². The van der Waals surface area contributed by atoms with Crippen LogP contribution in [0.4, 0.5) is 11.4 Å². The Bertz CT molecular complexity index is 1170. The highest BCUT2D eigenvalue weighted by molar-refractivity contribution is 6.02. The van der Waals surface area contributed by atoms with E-state index >= 15 is 0 Å². The fraction of sp³-hybridized carbons (Fsp3) is 0.286. The number of primary amides is 1. The topological polar surface area (TPSA) is 137 Å². The molecular formula is C21H23N7O4. The van der Waals surface area contributed by atoms with Crippen molar-refractivity contribution in [1.82, 2.24) is 25.1 Å². The molecule has 1 saturated carbocycles. The summed E-state index contributed by atoms with van der Waals surface area (Å²) in [6.45, 7) is 0. The number of hydrogen-bond acceptors (Lipinski definition) is 8. The molecule has 32 heavy (non-hydrogen) atoms. The molecule has 1 aromatic carbocycles. The minimum absolute atomic E-state index is 0.0817. The van der Waals surface area contributed by atoms with Gasteiger partial charge >= 0.3 is 0 Å². The number of amides is 2. The van der Waals surface area contributed by atoms with E-state index in [1.807, 2.05) is 6.07 Å². The third kappa shape index (κ3) is 4.10. The summed E-state index contributed by atoms with van der Waals surface area (Å²) in [6, 6.07) is 6.95. The average molecular weight is 437 g/mol. The summed E-state index contributed by atoms with van der Waals surface area (Å²) in [5.74, 6) is -0.183. The molecule has 0 saturated heterocycles. The predicted octanol–water partition coefficient (Wildman–Crippen LogP) is 1.58. The highest BCUT2D eigenvalue weighted by Crippen LogP contribution is 2.41. The summed E-state index contributed by atoms with van der Waals surface area (Å²) in [7, 11) is 4.70. The summed E-state index contributed by atoms with van der Waals surface area (Å²) in [6.07, 6.45) is 4.72. The number of para-hydroxylation sites is 1. The summed E-state index contributed by atoms with van der Waals surface area (Å²) >= 11 is 0. The predicted molar refractivity (Wildman–Crippen MR) is 115 cm³/mol. The first kappa shape index (κ1) is 21.2. The maximum absolute atomic E-state index is 12.5. The smallest absolute Gasteiger partial charge is 0.270 e. The van der Waals surface area contributed by atoms with E-state index in [0.717, 1.165) is 12.8 Å². The van der Waals surface area contributed by atoms with E-state index in [2.05, 4.69) is 20.4 Å². The number of methoxy groups -OCH3 is 1. The number of nitrogens with two attached hydrogens (primary N) is 1. The van der Waals surface area contributed by atoms with Gasteiger partial charge in [0.15, 0.2) is 11.6 Å². The van der Waals surface area contributed by atoms with Gasteiger partial charge < -0.3 is 15.8 Å². The van der Waals surface area contributed by atoms with Crippen LogP contribution in [0.2, 0.25) is 0 Å². The van der Waals surface area contributed by atoms with Crippen LogP contribution < -0.4 is 20.9 Å². The van der Waals surface area contributed by atoms with Crippen LogP contribution in [0.5, 0.6) is 5.75 Å². The van der Waals surface area contributed by atoms with Crippen molar-refractivity contribution in [2.45, 2.75) is 18.9 Å². The van der Waals surface area contributed by atoms with Crippen LogP contribution in [-0.2, 0) is 11.9 Å². The zero-order valence-electron chi connectivity index (χ0n) is 17.9. The second-order valence-corrected chi connectivity index (χ2v) is 7.28. The number of nitrogens with one attached hydrogen (secondary N) is 1. The van der Waals surface area contributed by atoms with Crippen LogP contribution in [0.3, 0.4) is 0 Å². The Hall–Kier alpha value is -3.99. The van der Waals surface area contributed by atoms with Gasteiger partial charge in [-0.25, -0.2) is 10.0 Å². The standard InChI is InChI=1S/C21H23N7O4/c1-27-11-24-20(26-27)13-5-4-6-16(18(13)31-2)28(32-3)17-9-15(21(30)25-12-7-8-12)23-10-14(17)19(22)29/h4-6,9-12H,7-8H2,1-3H3,(H2,22,29)(H,25,30). The molecule has 0 bridgehead atoms. The number of nitrogens with zero attached hydrogens (tertiary/aromatic N) is 5. The summed E-state index contributed by atoms with van der Waals surface area (Å²) < 4.78 is 7.24. The Labute approximate surface area is 184 Å². The van der Waals surface area contributed by atoms with Gasteiger partial charge in [-0.05, 0) is 31.0 Å². The van der Waals surface area contributed by atoms with E-state index in [4.69, 9.17) is 15.3 Å². The first-order valence-corrected chi connectivity index (χ1v) is 9.91. The van der Waals surface area contributed by atoms with Crippen LogP contribution in [0.1, 0.15) is 33.7 Å². The van der Waals surface area contributed by atoms with Crippen LogP contribution in [-0.4, -0.2) is 51.8 Å². The van der Waals surface area contributed by atoms with Crippen LogP contribution >= 0.6 is 0 Å². The Morgan fingerprint density at radius 2 is 2.00 bits per heavy atom. The highest BCUT2D eigenvalue weighted by atomic mass is 16.7. The lowest BCUT2D eigenvalue weighted by Crippen LogP contribution is -2.28. The van der Waals surface area contributed by atoms with Crippen LogP contribution in [0, 0.1) is 0 Å². The number of rotatable bonds is 8. The van der Waals surface area contributed by atoms with E-state index in [9.17, 15) is 9.59 Å². The molecule has 2 aromatic heterocycles. The number of hydrogen-bond donors (Lipinski definition) is 2. The summed E-state index contributed by atoms with van der Waals surface area (Å²) in [5, 5.41) is 8.57. The molecule has 1 aliphatic rings.